The fourth-order valence-corrected chi connectivity index (χ4v) is 3.19. The number of hydrogen-bond donors (Lipinski definition) is 2. The first-order valence-electron chi connectivity index (χ1n) is 7.64. The molecule has 2 N–H and O–H groups in total. The van der Waals surface area contributed by atoms with Gasteiger partial charge in [0.15, 0.2) is 0 Å². The van der Waals surface area contributed by atoms with Gasteiger partial charge in [0.2, 0.25) is 10.0 Å². The molecule has 1 aromatic rings. The molecule has 1 aliphatic heterocycles. The lowest BCUT2D eigenvalue weighted by molar-refractivity contribution is 0.0383. The fourth-order valence-electron chi connectivity index (χ4n) is 2.26. The van der Waals surface area contributed by atoms with E-state index in [0.29, 0.717) is 12.1 Å². The molecule has 1 fully saturated rings. The third-order valence-corrected chi connectivity index (χ3v) is 5.03. The molecule has 0 atom stereocenters. The average Bonchev–Trinajstić information content (AvgIpc) is 2.61. The number of hydrogen-bond acceptors (Lipinski definition) is 5. The Kier molecular flexibility index (Phi) is 6.75. The zero-order chi connectivity index (χ0) is 17.4. The van der Waals surface area contributed by atoms with Crippen LogP contribution in [0.5, 0.6) is 0 Å². The minimum atomic E-state index is -3.64. The van der Waals surface area contributed by atoms with Gasteiger partial charge in [-0.25, -0.2) is 8.42 Å². The Morgan fingerprint density at radius 2 is 1.92 bits per heavy atom. The Morgan fingerprint density at radius 3 is 2.54 bits per heavy atom. The summed E-state index contributed by atoms with van der Waals surface area (Å²) in [6.07, 6.45) is 5.04. The lowest BCUT2D eigenvalue weighted by Crippen LogP contribution is -2.41. The fraction of sp³-hybridized carbons (Fsp3) is 0.438. The Labute approximate surface area is 142 Å². The number of carbonyl (C=O) groups excluding carboxylic acids is 1. The number of sulfonamides is 1. The molecule has 1 amide bonds. The predicted molar refractivity (Wildman–Crippen MR) is 90.1 cm³/mol. The van der Waals surface area contributed by atoms with Crippen LogP contribution in [0.1, 0.15) is 10.4 Å². The van der Waals surface area contributed by atoms with E-state index in [2.05, 4.69) is 20.9 Å². The molecule has 1 aromatic carbocycles. The first-order valence-corrected chi connectivity index (χ1v) is 9.13. The van der Waals surface area contributed by atoms with E-state index in [-0.39, 0.29) is 17.3 Å². The van der Waals surface area contributed by atoms with E-state index in [1.165, 1.54) is 24.3 Å². The highest BCUT2D eigenvalue weighted by Gasteiger charge is 2.14. The van der Waals surface area contributed by atoms with Gasteiger partial charge in [0, 0.05) is 31.7 Å². The molecule has 1 saturated heterocycles. The Hall–Kier alpha value is -1.92. The third-order valence-electron chi connectivity index (χ3n) is 3.61. The number of nitrogens with zero attached hydrogens (tertiary/aromatic N) is 1. The second-order valence-electron chi connectivity index (χ2n) is 5.26. The van der Waals surface area contributed by atoms with Crippen molar-refractivity contribution < 1.29 is 17.9 Å². The van der Waals surface area contributed by atoms with Gasteiger partial charge in [-0.1, -0.05) is 5.92 Å². The minimum Gasteiger partial charge on any atom is -0.379 e. The Bertz CT molecular complexity index is 689. The maximum Gasteiger partial charge on any atom is 0.251 e. The molecule has 7 nitrogen and oxygen atoms in total. The second kappa shape index (κ2) is 8.80. The normalized spacial score (nSPS) is 15.6. The number of nitrogens with one attached hydrogen (secondary N) is 2. The lowest BCUT2D eigenvalue weighted by Gasteiger charge is -2.26. The molecule has 130 valence electrons. The molecule has 1 aliphatic rings. The van der Waals surface area contributed by atoms with Crippen LogP contribution in [0, 0.1) is 12.3 Å². The van der Waals surface area contributed by atoms with Crippen LogP contribution in [0.4, 0.5) is 0 Å². The number of ether oxygens (including phenoxy) is 1. The lowest BCUT2D eigenvalue weighted by atomic mass is 10.2. The van der Waals surface area contributed by atoms with Gasteiger partial charge in [-0.3, -0.25) is 9.69 Å². The quantitative estimate of drug-likeness (QED) is 0.656. The summed E-state index contributed by atoms with van der Waals surface area (Å²) in [4.78, 5) is 14.4. The van der Waals surface area contributed by atoms with Gasteiger partial charge in [-0.2, -0.15) is 4.72 Å². The van der Waals surface area contributed by atoms with Crippen molar-refractivity contribution >= 4 is 15.9 Å². The smallest absolute Gasteiger partial charge is 0.251 e. The molecule has 2 rings (SSSR count). The van der Waals surface area contributed by atoms with Gasteiger partial charge in [0.1, 0.15) is 0 Å². The number of amides is 1. The van der Waals surface area contributed by atoms with Crippen molar-refractivity contribution in [2.24, 2.45) is 0 Å². The minimum absolute atomic E-state index is 0.0719. The van der Waals surface area contributed by atoms with Crippen molar-refractivity contribution in [3.05, 3.63) is 29.8 Å². The molecular weight excluding hydrogens is 330 g/mol. The summed E-state index contributed by atoms with van der Waals surface area (Å²) in [7, 11) is -3.64. The summed E-state index contributed by atoms with van der Waals surface area (Å²) in [6.45, 7) is 4.39. The monoisotopic (exact) mass is 351 g/mol. The number of rotatable bonds is 7. The highest BCUT2D eigenvalue weighted by Crippen LogP contribution is 2.10. The molecule has 8 heteroatoms. The molecule has 0 radical (unpaired) electrons. The van der Waals surface area contributed by atoms with Crippen LogP contribution >= 0.6 is 0 Å². The molecular formula is C16H21N3O4S. The SMILES string of the molecule is C#CCNS(=O)(=O)c1ccc(C(=O)NCCN2CCOCC2)cc1. The van der Waals surface area contributed by atoms with E-state index in [1.54, 1.807) is 0 Å². The zero-order valence-corrected chi connectivity index (χ0v) is 14.1. The van der Waals surface area contributed by atoms with E-state index in [0.717, 1.165) is 32.8 Å². The van der Waals surface area contributed by atoms with Crippen molar-refractivity contribution in [2.45, 2.75) is 4.90 Å². The molecule has 0 unspecified atom stereocenters. The summed E-state index contributed by atoms with van der Waals surface area (Å²) in [5.41, 5.74) is 0.410. The molecule has 1 heterocycles. The Morgan fingerprint density at radius 1 is 1.25 bits per heavy atom. The van der Waals surface area contributed by atoms with E-state index in [9.17, 15) is 13.2 Å². The summed E-state index contributed by atoms with van der Waals surface area (Å²) < 4.78 is 31.3. The summed E-state index contributed by atoms with van der Waals surface area (Å²) in [5.74, 6) is 1.97. The number of terminal acetylenes is 1. The maximum atomic E-state index is 12.1. The molecule has 0 aliphatic carbocycles. The van der Waals surface area contributed by atoms with Gasteiger partial charge in [-0.05, 0) is 24.3 Å². The third kappa shape index (κ3) is 5.32. The largest absolute Gasteiger partial charge is 0.379 e. The van der Waals surface area contributed by atoms with Gasteiger partial charge in [0.05, 0.1) is 24.7 Å². The molecule has 0 spiro atoms. The highest BCUT2D eigenvalue weighted by molar-refractivity contribution is 7.89. The van der Waals surface area contributed by atoms with Crippen LogP contribution in [-0.2, 0) is 14.8 Å². The first kappa shape index (κ1) is 18.4. The van der Waals surface area contributed by atoms with Crippen LogP contribution in [-0.4, -0.2) is 65.2 Å². The zero-order valence-electron chi connectivity index (χ0n) is 13.3. The van der Waals surface area contributed by atoms with Crippen molar-refractivity contribution in [2.75, 3.05) is 45.9 Å². The number of carbonyl (C=O) groups is 1. The Balaban J connectivity index is 1.85. The first-order chi connectivity index (χ1) is 11.5. The van der Waals surface area contributed by atoms with Gasteiger partial charge in [0.25, 0.3) is 5.91 Å². The summed E-state index contributed by atoms with van der Waals surface area (Å²) in [6, 6.07) is 5.73. The van der Waals surface area contributed by atoms with E-state index < -0.39 is 10.0 Å². The van der Waals surface area contributed by atoms with Gasteiger partial charge in [-0.15, -0.1) is 6.42 Å². The van der Waals surface area contributed by atoms with E-state index in [1.807, 2.05) is 0 Å². The number of benzene rings is 1. The highest BCUT2D eigenvalue weighted by atomic mass is 32.2. The summed E-state index contributed by atoms with van der Waals surface area (Å²) >= 11 is 0. The summed E-state index contributed by atoms with van der Waals surface area (Å²) in [5, 5.41) is 2.83. The van der Waals surface area contributed by atoms with Crippen LogP contribution in [0.15, 0.2) is 29.2 Å². The van der Waals surface area contributed by atoms with Crippen LogP contribution < -0.4 is 10.0 Å². The van der Waals surface area contributed by atoms with E-state index in [4.69, 9.17) is 11.2 Å². The van der Waals surface area contributed by atoms with Crippen molar-refractivity contribution in [3.63, 3.8) is 0 Å². The van der Waals surface area contributed by atoms with Crippen LogP contribution in [0.2, 0.25) is 0 Å². The van der Waals surface area contributed by atoms with Gasteiger partial charge < -0.3 is 10.1 Å². The predicted octanol–water partition coefficient (Wildman–Crippen LogP) is -0.340. The molecule has 0 aromatic heterocycles. The van der Waals surface area contributed by atoms with Crippen LogP contribution in [0.25, 0.3) is 0 Å². The van der Waals surface area contributed by atoms with E-state index >= 15 is 0 Å². The average molecular weight is 351 g/mol. The van der Waals surface area contributed by atoms with Crippen molar-refractivity contribution in [3.8, 4) is 12.3 Å². The maximum absolute atomic E-state index is 12.1. The van der Waals surface area contributed by atoms with Gasteiger partial charge >= 0.3 is 0 Å². The standard InChI is InChI=1S/C16H21N3O4S/c1-2-7-18-24(21,22)15-5-3-14(4-6-15)16(20)17-8-9-19-10-12-23-13-11-19/h1,3-6,18H,7-13H2,(H,17,20). The molecule has 0 bridgehead atoms. The van der Waals surface area contributed by atoms with Crippen molar-refractivity contribution in [1.82, 2.24) is 14.9 Å². The molecule has 24 heavy (non-hydrogen) atoms. The topological polar surface area (TPSA) is 87.7 Å². The van der Waals surface area contributed by atoms with Crippen molar-refractivity contribution in [1.29, 1.82) is 0 Å². The molecule has 0 saturated carbocycles. The second-order valence-corrected chi connectivity index (χ2v) is 7.03. The number of morpholine rings is 1. The van der Waals surface area contributed by atoms with Crippen LogP contribution in [0.3, 0.4) is 0 Å².